The first-order valence-corrected chi connectivity index (χ1v) is 8.20. The zero-order chi connectivity index (χ0) is 17.2. The van der Waals surface area contributed by atoms with Crippen LogP contribution in [0.15, 0.2) is 54.6 Å². The van der Waals surface area contributed by atoms with Gasteiger partial charge in [-0.05, 0) is 62.7 Å². The van der Waals surface area contributed by atoms with Crippen molar-refractivity contribution in [1.29, 1.82) is 5.26 Å². The van der Waals surface area contributed by atoms with Gasteiger partial charge in [-0.15, -0.1) is 0 Å². The van der Waals surface area contributed by atoms with Crippen LogP contribution in [-0.2, 0) is 11.2 Å². The highest BCUT2D eigenvalue weighted by molar-refractivity contribution is 5.92. The lowest BCUT2D eigenvalue weighted by Gasteiger charge is -2.16. The van der Waals surface area contributed by atoms with Crippen LogP contribution in [0.5, 0.6) is 0 Å². The molecule has 0 fully saturated rings. The summed E-state index contributed by atoms with van der Waals surface area (Å²) in [5.41, 5.74) is 2.67. The van der Waals surface area contributed by atoms with Crippen molar-refractivity contribution in [2.45, 2.75) is 19.3 Å². The molecule has 124 valence electrons. The Morgan fingerprint density at radius 3 is 2.46 bits per heavy atom. The summed E-state index contributed by atoms with van der Waals surface area (Å²) in [5, 5.41) is 11.6. The van der Waals surface area contributed by atoms with Gasteiger partial charge < -0.3 is 5.32 Å². The molecule has 2 rings (SSSR count). The minimum atomic E-state index is -0.0368. The molecule has 0 aliphatic rings. The largest absolute Gasteiger partial charge is 0.325 e. The third-order valence-corrected chi connectivity index (χ3v) is 3.81. The van der Waals surface area contributed by atoms with Gasteiger partial charge in [0.2, 0.25) is 5.91 Å². The molecule has 2 aromatic rings. The fraction of sp³-hybridized carbons (Fsp3) is 0.300. The molecule has 0 bridgehead atoms. The predicted molar refractivity (Wildman–Crippen MR) is 96.7 cm³/mol. The van der Waals surface area contributed by atoms with E-state index in [0.29, 0.717) is 12.1 Å². The van der Waals surface area contributed by atoms with E-state index in [1.165, 1.54) is 5.56 Å². The van der Waals surface area contributed by atoms with Crippen LogP contribution in [0, 0.1) is 11.3 Å². The molecule has 0 saturated heterocycles. The van der Waals surface area contributed by atoms with Crippen LogP contribution >= 0.6 is 0 Å². The molecular formula is C20H23N3O. The molecule has 4 nitrogen and oxygen atoms in total. The molecule has 0 saturated carbocycles. The van der Waals surface area contributed by atoms with E-state index in [-0.39, 0.29) is 5.91 Å². The fourth-order valence-electron chi connectivity index (χ4n) is 2.51. The van der Waals surface area contributed by atoms with Crippen molar-refractivity contribution in [2.75, 3.05) is 25.5 Å². The summed E-state index contributed by atoms with van der Waals surface area (Å²) in [4.78, 5) is 14.0. The SMILES string of the molecule is CN(CCCCc1ccccc1)CC(=O)Nc1ccc(C#N)cc1. The number of carbonyl (C=O) groups excluding carboxylic acids is 1. The van der Waals surface area contributed by atoms with Crippen molar-refractivity contribution in [1.82, 2.24) is 4.90 Å². The van der Waals surface area contributed by atoms with Crippen LogP contribution in [0.2, 0.25) is 0 Å². The van der Waals surface area contributed by atoms with Crippen LogP contribution in [-0.4, -0.2) is 30.9 Å². The van der Waals surface area contributed by atoms with Crippen molar-refractivity contribution >= 4 is 11.6 Å². The summed E-state index contributed by atoms with van der Waals surface area (Å²) in [7, 11) is 1.96. The Morgan fingerprint density at radius 1 is 1.08 bits per heavy atom. The highest BCUT2D eigenvalue weighted by Gasteiger charge is 2.07. The number of amides is 1. The number of likely N-dealkylation sites (N-methyl/N-ethyl adjacent to an activating group) is 1. The lowest BCUT2D eigenvalue weighted by Crippen LogP contribution is -2.30. The average Bonchev–Trinajstić information content (AvgIpc) is 2.60. The van der Waals surface area contributed by atoms with Gasteiger partial charge in [0.25, 0.3) is 0 Å². The van der Waals surface area contributed by atoms with Crippen molar-refractivity contribution in [2.24, 2.45) is 0 Å². The second-order valence-electron chi connectivity index (χ2n) is 5.92. The van der Waals surface area contributed by atoms with Gasteiger partial charge >= 0.3 is 0 Å². The van der Waals surface area contributed by atoms with Gasteiger partial charge in [-0.3, -0.25) is 9.69 Å². The number of aryl methyl sites for hydroxylation is 1. The maximum absolute atomic E-state index is 12.0. The quantitative estimate of drug-likeness (QED) is 0.758. The van der Waals surface area contributed by atoms with Gasteiger partial charge in [0.05, 0.1) is 18.2 Å². The van der Waals surface area contributed by atoms with Crippen molar-refractivity contribution in [3.63, 3.8) is 0 Å². The third kappa shape index (κ3) is 6.23. The topological polar surface area (TPSA) is 56.1 Å². The molecule has 1 N–H and O–H groups in total. The Kier molecular flexibility index (Phi) is 7.00. The summed E-state index contributed by atoms with van der Waals surface area (Å²) in [6, 6.07) is 19.4. The number of carbonyl (C=O) groups is 1. The first-order valence-electron chi connectivity index (χ1n) is 8.20. The first-order chi connectivity index (χ1) is 11.7. The van der Waals surface area contributed by atoms with Crippen molar-refractivity contribution in [3.05, 3.63) is 65.7 Å². The number of rotatable bonds is 8. The van der Waals surface area contributed by atoms with Crippen molar-refractivity contribution in [3.8, 4) is 6.07 Å². The van der Waals surface area contributed by atoms with Crippen molar-refractivity contribution < 1.29 is 4.79 Å². The number of hydrogen-bond donors (Lipinski definition) is 1. The Balaban J connectivity index is 1.65. The summed E-state index contributed by atoms with van der Waals surface area (Å²) >= 11 is 0. The van der Waals surface area contributed by atoms with E-state index in [1.54, 1.807) is 24.3 Å². The van der Waals surface area contributed by atoms with Crippen LogP contribution in [0.25, 0.3) is 0 Å². The summed E-state index contributed by atoms with van der Waals surface area (Å²) in [6.07, 6.45) is 3.26. The molecular weight excluding hydrogens is 298 g/mol. The average molecular weight is 321 g/mol. The number of nitriles is 1. The van der Waals surface area contributed by atoms with Crippen LogP contribution in [0.1, 0.15) is 24.0 Å². The molecule has 0 aliphatic heterocycles. The number of nitrogens with one attached hydrogen (secondary N) is 1. The zero-order valence-corrected chi connectivity index (χ0v) is 14.0. The highest BCUT2D eigenvalue weighted by Crippen LogP contribution is 2.09. The number of anilines is 1. The number of nitrogens with zero attached hydrogens (tertiary/aromatic N) is 2. The Hall–Kier alpha value is -2.64. The molecule has 2 aromatic carbocycles. The van der Waals surface area contributed by atoms with Gasteiger partial charge in [-0.1, -0.05) is 30.3 Å². The van der Waals surface area contributed by atoms with E-state index in [0.717, 1.165) is 31.5 Å². The molecule has 0 heterocycles. The van der Waals surface area contributed by atoms with E-state index < -0.39 is 0 Å². The molecule has 0 radical (unpaired) electrons. The first kappa shape index (κ1) is 17.7. The van der Waals surface area contributed by atoms with E-state index in [1.807, 2.05) is 18.0 Å². The summed E-state index contributed by atoms with van der Waals surface area (Å²) < 4.78 is 0. The molecule has 4 heteroatoms. The summed E-state index contributed by atoms with van der Waals surface area (Å²) in [6.45, 7) is 1.26. The molecule has 1 amide bonds. The van der Waals surface area contributed by atoms with E-state index in [2.05, 4.69) is 35.7 Å². The van der Waals surface area contributed by atoms with Gasteiger partial charge in [-0.2, -0.15) is 5.26 Å². The Morgan fingerprint density at radius 2 is 1.79 bits per heavy atom. The smallest absolute Gasteiger partial charge is 0.238 e. The minimum absolute atomic E-state index is 0.0368. The normalized spacial score (nSPS) is 10.4. The van der Waals surface area contributed by atoms with E-state index in [9.17, 15) is 4.79 Å². The van der Waals surface area contributed by atoms with Crippen LogP contribution < -0.4 is 5.32 Å². The standard InChI is InChI=1S/C20H23N3O/c1-23(14-6-5-9-17-7-3-2-4-8-17)16-20(24)22-19-12-10-18(15-21)11-13-19/h2-4,7-8,10-13H,5-6,9,14,16H2,1H3,(H,22,24). The van der Waals surface area contributed by atoms with Gasteiger partial charge in [0.1, 0.15) is 0 Å². The molecule has 0 aromatic heterocycles. The molecule has 0 unspecified atom stereocenters. The molecule has 0 aliphatic carbocycles. The Bertz CT molecular complexity index is 674. The lowest BCUT2D eigenvalue weighted by molar-refractivity contribution is -0.117. The highest BCUT2D eigenvalue weighted by atomic mass is 16.2. The molecule has 24 heavy (non-hydrogen) atoms. The van der Waals surface area contributed by atoms with Gasteiger partial charge in [0, 0.05) is 5.69 Å². The third-order valence-electron chi connectivity index (χ3n) is 3.81. The second-order valence-corrected chi connectivity index (χ2v) is 5.92. The fourth-order valence-corrected chi connectivity index (χ4v) is 2.51. The van der Waals surface area contributed by atoms with Gasteiger partial charge in [0.15, 0.2) is 0 Å². The maximum atomic E-state index is 12.0. The number of hydrogen-bond acceptors (Lipinski definition) is 3. The van der Waals surface area contributed by atoms with Crippen LogP contribution in [0.3, 0.4) is 0 Å². The maximum Gasteiger partial charge on any atom is 0.238 e. The second kappa shape index (κ2) is 9.49. The minimum Gasteiger partial charge on any atom is -0.325 e. The van der Waals surface area contributed by atoms with E-state index in [4.69, 9.17) is 5.26 Å². The Labute approximate surface area is 143 Å². The monoisotopic (exact) mass is 321 g/mol. The summed E-state index contributed by atoms with van der Waals surface area (Å²) in [5.74, 6) is -0.0368. The number of unbranched alkanes of at least 4 members (excludes halogenated alkanes) is 1. The predicted octanol–water partition coefficient (Wildman–Crippen LogP) is 3.45. The number of benzene rings is 2. The van der Waals surface area contributed by atoms with Gasteiger partial charge in [-0.25, -0.2) is 0 Å². The van der Waals surface area contributed by atoms with Crippen LogP contribution in [0.4, 0.5) is 5.69 Å². The zero-order valence-electron chi connectivity index (χ0n) is 14.0. The lowest BCUT2D eigenvalue weighted by atomic mass is 10.1. The molecule has 0 atom stereocenters. The van der Waals surface area contributed by atoms with E-state index >= 15 is 0 Å². The molecule has 0 spiro atoms.